The zero-order valence-electron chi connectivity index (χ0n) is 25.0. The average molecular weight is 645 g/mol. The number of aromatic nitrogens is 3. The Bertz CT molecular complexity index is 1520. The van der Waals surface area contributed by atoms with Crippen LogP contribution in [-0.4, -0.2) is 73.3 Å². The summed E-state index contributed by atoms with van der Waals surface area (Å²) in [5, 5.41) is 5.48. The molecule has 1 aromatic carbocycles. The number of amides is 3. The molecule has 1 aliphatic rings. The molecule has 2 aromatic heterocycles. The summed E-state index contributed by atoms with van der Waals surface area (Å²) < 4.78 is 24.5. The predicted octanol–water partition coefficient (Wildman–Crippen LogP) is 3.89. The molecule has 3 N–H and O–H groups in total. The lowest BCUT2D eigenvalue weighted by atomic mass is 9.85. The third-order valence-corrected chi connectivity index (χ3v) is 9.42. The first-order valence-corrected chi connectivity index (χ1v) is 16.3. The van der Waals surface area contributed by atoms with E-state index in [9.17, 15) is 23.8 Å². The van der Waals surface area contributed by atoms with E-state index in [1.807, 2.05) is 31.2 Å². The summed E-state index contributed by atoms with van der Waals surface area (Å²) in [5.41, 5.74) is 3.82. The number of nitrogens with one attached hydrogen (secondary N) is 2. The lowest BCUT2D eigenvalue weighted by Crippen LogP contribution is -2.57. The number of thiazole rings is 1. The molecular weight excluding hydrogens is 607 g/mol. The maximum Gasteiger partial charge on any atom is 0.437 e. The van der Waals surface area contributed by atoms with E-state index in [-0.39, 0.29) is 26.1 Å². The summed E-state index contributed by atoms with van der Waals surface area (Å²) in [6, 6.07) is 5.60. The van der Waals surface area contributed by atoms with Crippen LogP contribution in [0.15, 0.2) is 61.2 Å². The number of hydrogen-bond acceptors (Lipinski definition) is 9. The number of aryl methyl sites for hydroxylation is 1. The van der Waals surface area contributed by atoms with Crippen LogP contribution in [0.1, 0.15) is 38.4 Å². The van der Waals surface area contributed by atoms with Crippen molar-refractivity contribution in [2.75, 3.05) is 13.2 Å². The molecule has 1 saturated heterocycles. The molecule has 3 heterocycles. The van der Waals surface area contributed by atoms with Gasteiger partial charge in [-0.25, -0.2) is 23.7 Å². The van der Waals surface area contributed by atoms with Gasteiger partial charge in [-0.2, -0.15) is 0 Å². The molecular formula is C29H37N6O7PS. The second kappa shape index (κ2) is 13.9. The first-order valence-electron chi connectivity index (χ1n) is 13.9. The van der Waals surface area contributed by atoms with Crippen LogP contribution in [0.25, 0.3) is 10.4 Å². The van der Waals surface area contributed by atoms with Crippen molar-refractivity contribution < 1.29 is 33.1 Å². The van der Waals surface area contributed by atoms with Gasteiger partial charge in [0.25, 0.3) is 0 Å². The summed E-state index contributed by atoms with van der Waals surface area (Å²) in [7, 11) is -4.36. The van der Waals surface area contributed by atoms with Gasteiger partial charge in [0.2, 0.25) is 11.8 Å². The standard InChI is InChI=1S/C29H37N6O7PS/c1-6-13-41-28(38)33-25(29(3,4)5)27(37)35-16-22(42-43(39,40)34-12-11-30-17-34)14-23(35)26(36)31-15-20-7-9-21(10-8-20)24-19(2)32-18-44-24/h6-12,17-18,22-23,25H,1,13-16H2,2-5H3,(H,31,36)(H,33,38)(H,39,40)/t22-,23+,25?/m1/s1. The Morgan fingerprint density at radius 3 is 2.59 bits per heavy atom. The number of alkyl carbamates (subject to hydrolysis) is 1. The summed E-state index contributed by atoms with van der Waals surface area (Å²) >= 11 is 1.55. The fraction of sp³-hybridized carbons (Fsp3) is 0.414. The van der Waals surface area contributed by atoms with E-state index in [2.05, 4.69) is 27.2 Å². The molecule has 4 rings (SSSR count). The van der Waals surface area contributed by atoms with Crippen LogP contribution in [0.3, 0.4) is 0 Å². The number of ether oxygens (including phenoxy) is 1. The molecule has 3 aromatic rings. The molecule has 0 saturated carbocycles. The van der Waals surface area contributed by atoms with E-state index >= 15 is 0 Å². The highest BCUT2D eigenvalue weighted by Crippen LogP contribution is 2.46. The molecule has 3 amide bonds. The van der Waals surface area contributed by atoms with Gasteiger partial charge in [0.15, 0.2) is 0 Å². The summed E-state index contributed by atoms with van der Waals surface area (Å²) in [6.45, 7) is 10.7. The highest BCUT2D eigenvalue weighted by atomic mass is 32.1. The van der Waals surface area contributed by atoms with E-state index in [1.54, 1.807) is 37.6 Å². The van der Waals surface area contributed by atoms with Crippen molar-refractivity contribution in [3.05, 3.63) is 72.4 Å². The van der Waals surface area contributed by atoms with Crippen molar-refractivity contribution in [1.29, 1.82) is 0 Å². The Hall–Kier alpha value is -3.84. The molecule has 2 unspecified atom stereocenters. The third kappa shape index (κ3) is 8.00. The highest BCUT2D eigenvalue weighted by Gasteiger charge is 2.47. The second-order valence-electron chi connectivity index (χ2n) is 11.4. The molecule has 0 aliphatic carbocycles. The van der Waals surface area contributed by atoms with Crippen molar-refractivity contribution in [3.63, 3.8) is 0 Å². The largest absolute Gasteiger partial charge is 0.445 e. The SMILES string of the molecule is C=CCOC(=O)NC(C(=O)N1C[C@H](OP(=O)(O)n2ccnc2)C[C@H]1C(=O)NCc1ccc(-c2scnc2C)cc1)C(C)(C)C. The van der Waals surface area contributed by atoms with Crippen LogP contribution in [0.4, 0.5) is 4.79 Å². The molecule has 1 fully saturated rings. The van der Waals surface area contributed by atoms with Gasteiger partial charge >= 0.3 is 13.8 Å². The molecule has 236 valence electrons. The topological polar surface area (TPSA) is 165 Å². The molecule has 0 spiro atoms. The van der Waals surface area contributed by atoms with Crippen LogP contribution < -0.4 is 10.6 Å². The quantitative estimate of drug-likeness (QED) is 0.207. The average Bonchev–Trinajstić information content (AvgIpc) is 3.74. The highest BCUT2D eigenvalue weighted by molar-refractivity contribution is 7.51. The Morgan fingerprint density at radius 2 is 2.00 bits per heavy atom. The van der Waals surface area contributed by atoms with E-state index in [4.69, 9.17) is 9.26 Å². The summed E-state index contributed by atoms with van der Waals surface area (Å²) in [5.74, 6) is -1.02. The molecule has 15 heteroatoms. The lowest BCUT2D eigenvalue weighted by molar-refractivity contribution is -0.142. The van der Waals surface area contributed by atoms with Gasteiger partial charge in [-0.3, -0.25) is 14.1 Å². The molecule has 0 radical (unpaired) electrons. The van der Waals surface area contributed by atoms with E-state index in [0.717, 1.165) is 32.4 Å². The van der Waals surface area contributed by atoms with Crippen LogP contribution in [-0.2, 0) is 30.0 Å². The Kier molecular flexibility index (Phi) is 10.4. The van der Waals surface area contributed by atoms with Crippen molar-refractivity contribution in [2.24, 2.45) is 5.41 Å². The molecule has 44 heavy (non-hydrogen) atoms. The number of likely N-dealkylation sites (tertiary alicyclic amines) is 1. The Labute approximate surface area is 259 Å². The predicted molar refractivity (Wildman–Crippen MR) is 164 cm³/mol. The smallest absolute Gasteiger partial charge is 0.437 e. The van der Waals surface area contributed by atoms with Gasteiger partial charge < -0.3 is 25.2 Å². The summed E-state index contributed by atoms with van der Waals surface area (Å²) in [4.78, 5) is 60.9. The number of benzene rings is 1. The monoisotopic (exact) mass is 644 g/mol. The molecule has 1 aliphatic heterocycles. The number of nitrogens with zero attached hydrogens (tertiary/aromatic N) is 4. The number of imidazole rings is 1. The number of carbonyl (C=O) groups is 3. The Morgan fingerprint density at radius 1 is 1.27 bits per heavy atom. The van der Waals surface area contributed by atoms with Crippen molar-refractivity contribution >= 4 is 37.0 Å². The van der Waals surface area contributed by atoms with Gasteiger partial charge in [-0.1, -0.05) is 57.7 Å². The van der Waals surface area contributed by atoms with Crippen molar-refractivity contribution in [3.8, 4) is 10.4 Å². The van der Waals surface area contributed by atoms with Gasteiger partial charge in [-0.15, -0.1) is 11.3 Å². The molecule has 13 nitrogen and oxygen atoms in total. The van der Waals surface area contributed by atoms with Crippen LogP contribution >= 0.6 is 19.1 Å². The van der Waals surface area contributed by atoms with Crippen LogP contribution in [0.5, 0.6) is 0 Å². The number of rotatable bonds is 11. The van der Waals surface area contributed by atoms with E-state index in [1.165, 1.54) is 23.4 Å². The first-order chi connectivity index (χ1) is 20.8. The fourth-order valence-corrected chi connectivity index (χ4v) is 6.66. The minimum Gasteiger partial charge on any atom is -0.445 e. The van der Waals surface area contributed by atoms with Crippen molar-refractivity contribution in [2.45, 2.75) is 58.8 Å². The summed E-state index contributed by atoms with van der Waals surface area (Å²) in [6.07, 6.45) is 3.36. The van der Waals surface area contributed by atoms with Gasteiger partial charge in [0.05, 0.1) is 22.2 Å². The zero-order valence-corrected chi connectivity index (χ0v) is 26.7. The number of hydrogen-bond donors (Lipinski definition) is 3. The van der Waals surface area contributed by atoms with Crippen LogP contribution in [0, 0.1) is 12.3 Å². The van der Waals surface area contributed by atoms with Crippen LogP contribution in [0.2, 0.25) is 0 Å². The van der Waals surface area contributed by atoms with Crippen molar-refractivity contribution in [1.82, 2.24) is 29.8 Å². The lowest BCUT2D eigenvalue weighted by Gasteiger charge is -2.35. The van der Waals surface area contributed by atoms with Gasteiger partial charge in [-0.05, 0) is 23.5 Å². The third-order valence-electron chi connectivity index (χ3n) is 7.05. The normalized spacial score (nSPS) is 18.7. The maximum absolute atomic E-state index is 14.0. The molecule has 4 atom stereocenters. The maximum atomic E-state index is 14.0. The van der Waals surface area contributed by atoms with E-state index in [0.29, 0.717) is 0 Å². The fourth-order valence-electron chi connectivity index (χ4n) is 4.78. The zero-order chi connectivity index (χ0) is 32.1. The molecule has 0 bridgehead atoms. The minimum atomic E-state index is -4.36. The van der Waals surface area contributed by atoms with Gasteiger partial charge in [0.1, 0.15) is 25.0 Å². The second-order valence-corrected chi connectivity index (χ2v) is 13.9. The first kappa shape index (κ1) is 33.1. The Balaban J connectivity index is 1.52. The minimum absolute atomic E-state index is 0.0435. The van der Waals surface area contributed by atoms with E-state index < -0.39 is 49.3 Å². The van der Waals surface area contributed by atoms with Gasteiger partial charge in [0, 0.05) is 31.9 Å². The number of carbonyl (C=O) groups excluding carboxylic acids is 3.